The lowest BCUT2D eigenvalue weighted by Crippen LogP contribution is -2.75. The molecule has 57 heavy (non-hydrogen) atoms. The maximum absolute atomic E-state index is 15.4. The van der Waals surface area contributed by atoms with Crippen molar-refractivity contribution in [2.75, 3.05) is 32.7 Å². The zero-order valence-corrected chi connectivity index (χ0v) is 35.4. The zero-order valence-electron chi connectivity index (χ0n) is 35.4. The number of allylic oxidation sites excluding steroid dienone is 2. The summed E-state index contributed by atoms with van der Waals surface area (Å²) in [6.07, 6.45) is 23.4. The number of ether oxygens (including phenoxy) is 2. The SMILES string of the molecule is CC(C)CCC(C)CC1C23C=C4CCC2(C(=CCC(C2CCCC2)N2CC5CC(CN(C5)C5=CCC(C)CC45)C2)OC3=O)C12OC(=O)c1c(CCCN)cccc12. The van der Waals surface area contributed by atoms with E-state index in [0.717, 1.165) is 99.7 Å². The average Bonchev–Trinajstić information content (AvgIpc) is 3.89. The fraction of sp³-hybridized carbons (Fsp3) is 0.720. The molecule has 2 saturated carbocycles. The zero-order chi connectivity index (χ0) is 39.3. The number of carbonyl (C=O) groups is 2. The van der Waals surface area contributed by atoms with Crippen LogP contribution in [-0.2, 0) is 26.3 Å². The molecule has 8 bridgehead atoms. The maximum Gasteiger partial charge on any atom is 0.339 e. The van der Waals surface area contributed by atoms with Gasteiger partial charge in [0.05, 0.1) is 11.0 Å². The highest BCUT2D eigenvalue weighted by atomic mass is 16.6. The largest absolute Gasteiger partial charge is 0.449 e. The fourth-order valence-electron chi connectivity index (χ4n) is 14.9. The lowest BCUT2D eigenvalue weighted by molar-refractivity contribution is -0.274. The second kappa shape index (κ2) is 14.4. The van der Waals surface area contributed by atoms with Gasteiger partial charge in [0, 0.05) is 55.3 Å². The molecule has 0 radical (unpaired) electrons. The molecule has 13 rings (SSSR count). The van der Waals surface area contributed by atoms with E-state index in [1.807, 2.05) is 0 Å². The van der Waals surface area contributed by atoms with Crippen LogP contribution in [0.15, 0.2) is 53.5 Å². The van der Waals surface area contributed by atoms with E-state index in [1.54, 1.807) is 0 Å². The second-order valence-corrected chi connectivity index (χ2v) is 21.1. The summed E-state index contributed by atoms with van der Waals surface area (Å²) in [6, 6.07) is 6.85. The Bertz CT molecular complexity index is 1860. The lowest BCUT2D eigenvalue weighted by Gasteiger charge is -2.69. The average molecular weight is 776 g/mol. The summed E-state index contributed by atoms with van der Waals surface area (Å²) in [5.41, 5.74) is 9.17. The first kappa shape index (κ1) is 38.3. The minimum atomic E-state index is -0.957. The molecule has 4 aliphatic carbocycles. The first-order valence-electron chi connectivity index (χ1n) is 23.5. The number of hydrogen-bond acceptors (Lipinski definition) is 7. The highest BCUT2D eigenvalue weighted by Gasteiger charge is 2.91. The number of nitrogens with two attached hydrogens (primary N) is 1. The number of benzene rings is 1. The van der Waals surface area contributed by atoms with E-state index in [2.05, 4.69) is 73.9 Å². The number of carbonyl (C=O) groups excluding carboxylic acids is 2. The number of aryl methyl sites for hydroxylation is 1. The Hall–Kier alpha value is -2.90. The van der Waals surface area contributed by atoms with Crippen LogP contribution in [0.4, 0.5) is 0 Å². The van der Waals surface area contributed by atoms with E-state index in [9.17, 15) is 4.79 Å². The summed E-state index contributed by atoms with van der Waals surface area (Å²) < 4.78 is 14.0. The lowest BCUT2D eigenvalue weighted by atomic mass is 9.31. The van der Waals surface area contributed by atoms with E-state index in [1.165, 1.54) is 56.5 Å². The molecule has 0 amide bonds. The van der Waals surface area contributed by atoms with Gasteiger partial charge in [-0.05, 0) is 124 Å². The van der Waals surface area contributed by atoms with Crippen molar-refractivity contribution in [1.29, 1.82) is 0 Å². The summed E-state index contributed by atoms with van der Waals surface area (Å²) in [5.74, 6) is 4.21. The standard InChI is InChI=1S/C50H69N3O4/c1-31(2)14-15-33(4)24-43-48-26-38-20-21-49(48,50(43)40-13-7-11-37(12-8-22-51)45(40)46(54)57-50)44(56-47(48)55)19-18-41(36-9-5-6-10-36)52-27-34-25-35(28-52)30-53(29-34)42-17-16-32(3)23-39(38)42/h7,11,13,17,19,26,31-36,39,41,43H,5-6,8-10,12,14-16,18,20-25,27-30,51H2,1-4H3. The number of hydrogen-bond donors (Lipinski definition) is 1. The Morgan fingerprint density at radius 3 is 2.51 bits per heavy atom. The van der Waals surface area contributed by atoms with Gasteiger partial charge < -0.3 is 20.1 Å². The monoisotopic (exact) mass is 776 g/mol. The van der Waals surface area contributed by atoms with Crippen LogP contribution in [0, 0.1) is 58.2 Å². The molecule has 7 heteroatoms. The Kier molecular flexibility index (Phi) is 9.67. The van der Waals surface area contributed by atoms with Gasteiger partial charge in [0.15, 0.2) is 5.60 Å². The van der Waals surface area contributed by atoms with Gasteiger partial charge in [0.2, 0.25) is 0 Å². The van der Waals surface area contributed by atoms with Crippen molar-refractivity contribution in [3.05, 3.63) is 70.1 Å². The summed E-state index contributed by atoms with van der Waals surface area (Å²) in [6.45, 7) is 14.6. The molecular formula is C50H69N3O4. The third-order valence-corrected chi connectivity index (χ3v) is 17.2. The molecule has 10 unspecified atom stereocenters. The summed E-state index contributed by atoms with van der Waals surface area (Å²) in [5, 5.41) is 0. The molecule has 8 aliphatic heterocycles. The van der Waals surface area contributed by atoms with Gasteiger partial charge in [0.25, 0.3) is 0 Å². The van der Waals surface area contributed by atoms with Crippen molar-refractivity contribution < 1.29 is 19.1 Å². The molecule has 8 heterocycles. The molecule has 2 spiro atoms. The number of rotatable bonds is 9. The van der Waals surface area contributed by atoms with Crippen molar-refractivity contribution in [2.24, 2.45) is 63.9 Å². The van der Waals surface area contributed by atoms with Gasteiger partial charge in [-0.25, -0.2) is 4.79 Å². The smallest absolute Gasteiger partial charge is 0.339 e. The van der Waals surface area contributed by atoms with Gasteiger partial charge in [0.1, 0.15) is 11.2 Å². The summed E-state index contributed by atoms with van der Waals surface area (Å²) in [7, 11) is 0. The molecule has 308 valence electrons. The first-order valence-corrected chi connectivity index (χ1v) is 23.5. The van der Waals surface area contributed by atoms with E-state index >= 15 is 4.79 Å². The molecule has 10 atom stereocenters. The minimum absolute atomic E-state index is 0.0950. The van der Waals surface area contributed by atoms with Crippen molar-refractivity contribution in [2.45, 2.75) is 136 Å². The Labute approximate surface area is 342 Å². The quantitative estimate of drug-likeness (QED) is 0.198. The van der Waals surface area contributed by atoms with Crippen LogP contribution in [0.25, 0.3) is 0 Å². The molecule has 12 aliphatic rings. The first-order chi connectivity index (χ1) is 27.6. The third-order valence-electron chi connectivity index (χ3n) is 17.2. The van der Waals surface area contributed by atoms with Gasteiger partial charge >= 0.3 is 11.9 Å². The van der Waals surface area contributed by atoms with Crippen LogP contribution in [0.5, 0.6) is 0 Å². The Morgan fingerprint density at radius 1 is 0.965 bits per heavy atom. The number of fused-ring (bicyclic) bond motifs is 2. The van der Waals surface area contributed by atoms with Crippen LogP contribution >= 0.6 is 0 Å². The molecule has 2 N–H and O–H groups in total. The molecule has 5 fully saturated rings. The van der Waals surface area contributed by atoms with Gasteiger partial charge in [-0.15, -0.1) is 0 Å². The number of nitrogens with zero attached hydrogens (tertiary/aromatic N) is 2. The van der Waals surface area contributed by atoms with Gasteiger partial charge in [-0.3, -0.25) is 9.69 Å². The van der Waals surface area contributed by atoms with Crippen molar-refractivity contribution in [3.63, 3.8) is 0 Å². The molecule has 7 nitrogen and oxygen atoms in total. The van der Waals surface area contributed by atoms with Gasteiger partial charge in [-0.1, -0.05) is 89.3 Å². The van der Waals surface area contributed by atoms with Crippen LogP contribution < -0.4 is 5.73 Å². The number of esters is 2. The summed E-state index contributed by atoms with van der Waals surface area (Å²) >= 11 is 0. The topological polar surface area (TPSA) is 85.1 Å². The van der Waals surface area contributed by atoms with Crippen LogP contribution in [0.2, 0.25) is 0 Å². The van der Waals surface area contributed by atoms with Crippen molar-refractivity contribution in [3.8, 4) is 0 Å². The Balaban J connectivity index is 1.19. The molecule has 1 aromatic carbocycles. The van der Waals surface area contributed by atoms with Crippen molar-refractivity contribution >= 4 is 11.9 Å². The minimum Gasteiger partial charge on any atom is -0.449 e. The highest BCUT2D eigenvalue weighted by Crippen LogP contribution is 2.85. The fourth-order valence-corrected chi connectivity index (χ4v) is 14.9. The molecule has 0 aromatic heterocycles. The van der Waals surface area contributed by atoms with E-state index in [-0.39, 0.29) is 17.9 Å². The van der Waals surface area contributed by atoms with Gasteiger partial charge in [-0.2, -0.15) is 0 Å². The Morgan fingerprint density at radius 2 is 1.75 bits per heavy atom. The van der Waals surface area contributed by atoms with E-state index < -0.39 is 16.4 Å². The van der Waals surface area contributed by atoms with Crippen LogP contribution in [0.3, 0.4) is 0 Å². The van der Waals surface area contributed by atoms with Crippen molar-refractivity contribution in [1.82, 2.24) is 9.80 Å². The van der Waals surface area contributed by atoms with E-state index in [4.69, 9.17) is 15.2 Å². The highest BCUT2D eigenvalue weighted by molar-refractivity contribution is 5.99. The number of piperidine rings is 2. The third kappa shape index (κ3) is 5.62. The maximum atomic E-state index is 15.4. The second-order valence-electron chi connectivity index (χ2n) is 21.1. The molecule has 3 saturated heterocycles. The van der Waals surface area contributed by atoms with Crippen LogP contribution in [-0.4, -0.2) is 60.5 Å². The molecular weight excluding hydrogens is 707 g/mol. The summed E-state index contributed by atoms with van der Waals surface area (Å²) in [4.78, 5) is 35.8. The predicted octanol–water partition coefficient (Wildman–Crippen LogP) is 9.32. The van der Waals surface area contributed by atoms with E-state index in [0.29, 0.717) is 54.0 Å². The normalized spacial score (nSPS) is 39.8. The van der Waals surface area contributed by atoms with Crippen LogP contribution in [0.1, 0.15) is 139 Å². The predicted molar refractivity (Wildman–Crippen MR) is 224 cm³/mol. The molecule has 1 aromatic rings.